The molecule has 122 valence electrons. The highest BCUT2D eigenvalue weighted by molar-refractivity contribution is 6.15. The third kappa shape index (κ3) is 3.08. The Hall–Kier alpha value is -2.44. The lowest BCUT2D eigenvalue weighted by Crippen LogP contribution is -2.47. The van der Waals surface area contributed by atoms with Gasteiger partial charge in [0, 0.05) is 12.6 Å². The van der Waals surface area contributed by atoms with Gasteiger partial charge in [-0.2, -0.15) is 0 Å². The summed E-state index contributed by atoms with van der Waals surface area (Å²) in [4.78, 5) is 13.3. The van der Waals surface area contributed by atoms with Crippen molar-refractivity contribution in [2.24, 2.45) is 5.73 Å². The van der Waals surface area contributed by atoms with Gasteiger partial charge >= 0.3 is 6.03 Å². The number of nitrogens with one attached hydrogen (secondary N) is 2. The van der Waals surface area contributed by atoms with Gasteiger partial charge in [0.1, 0.15) is 0 Å². The highest BCUT2D eigenvalue weighted by atomic mass is 16.5. The highest BCUT2D eigenvalue weighted by Gasteiger charge is 2.27. The van der Waals surface area contributed by atoms with Gasteiger partial charge in [-0.25, -0.2) is 9.69 Å². The van der Waals surface area contributed by atoms with E-state index in [4.69, 9.17) is 20.6 Å². The van der Waals surface area contributed by atoms with Gasteiger partial charge in [-0.3, -0.25) is 5.41 Å². The lowest BCUT2D eigenvalue weighted by atomic mass is 9.99. The van der Waals surface area contributed by atoms with E-state index in [1.807, 2.05) is 19.9 Å². The van der Waals surface area contributed by atoms with Gasteiger partial charge in [0.05, 0.1) is 19.9 Å². The van der Waals surface area contributed by atoms with Gasteiger partial charge in [-0.1, -0.05) is 13.8 Å². The monoisotopic (exact) mass is 308 g/mol. The quantitative estimate of drug-likeness (QED) is 0.571. The minimum atomic E-state index is -0.468. The summed E-state index contributed by atoms with van der Waals surface area (Å²) in [6.45, 7) is 3.91. The molecule has 4 N–H and O–H groups in total. The van der Waals surface area contributed by atoms with Gasteiger partial charge in [0.25, 0.3) is 0 Å². The number of nitrogens with zero attached hydrogens (tertiary/aromatic N) is 1. The van der Waals surface area contributed by atoms with Crippen molar-refractivity contribution in [3.05, 3.63) is 17.2 Å². The molecule has 1 aromatic rings. The van der Waals surface area contributed by atoms with Crippen LogP contribution in [0.3, 0.4) is 0 Å². The van der Waals surface area contributed by atoms with Crippen molar-refractivity contribution in [1.82, 2.24) is 5.32 Å². The van der Waals surface area contributed by atoms with Gasteiger partial charge < -0.3 is 20.5 Å². The minimum absolute atomic E-state index is 0.351. The van der Waals surface area contributed by atoms with E-state index in [1.54, 1.807) is 14.2 Å². The Kier molecular flexibility index (Phi) is 6.03. The normalized spacial score (nSPS) is 10.0. The first kappa shape index (κ1) is 17.6. The molecule has 0 spiro atoms. The van der Waals surface area contributed by atoms with E-state index in [-0.39, 0.29) is 5.96 Å². The molecular weight excluding hydrogens is 284 g/mol. The number of hydrogen-bond donors (Lipinski definition) is 3. The molecule has 0 atom stereocenters. The Morgan fingerprint density at radius 2 is 1.95 bits per heavy atom. The smallest absolute Gasteiger partial charge is 0.328 e. The third-order valence-electron chi connectivity index (χ3n) is 3.43. The van der Waals surface area contributed by atoms with Crippen LogP contribution in [0.2, 0.25) is 0 Å². The SMILES string of the molecule is CCc1cc(OC)c(OC)c(CC)c1N(C(=N)N)C(=O)NC. The van der Waals surface area contributed by atoms with E-state index in [1.165, 1.54) is 7.05 Å². The standard InChI is InChI=1S/C15H24N4O3/c1-6-9-8-11(21-4)13(22-5)10(7-2)12(9)19(14(16)17)15(20)18-3/h8H,6-7H2,1-5H3,(H3,16,17)(H,18,20). The van der Waals surface area contributed by atoms with Crippen molar-refractivity contribution in [2.75, 3.05) is 26.2 Å². The van der Waals surface area contributed by atoms with Crippen LogP contribution in [0.4, 0.5) is 10.5 Å². The number of aryl methyl sites for hydroxylation is 1. The van der Waals surface area contributed by atoms with Crippen molar-refractivity contribution in [3.63, 3.8) is 0 Å². The summed E-state index contributed by atoms with van der Waals surface area (Å²) in [5, 5.41) is 10.3. The lowest BCUT2D eigenvalue weighted by Gasteiger charge is -2.27. The van der Waals surface area contributed by atoms with E-state index in [0.717, 1.165) is 16.0 Å². The fourth-order valence-electron chi connectivity index (χ4n) is 2.44. The van der Waals surface area contributed by atoms with Crippen LogP contribution in [0.1, 0.15) is 25.0 Å². The zero-order valence-corrected chi connectivity index (χ0v) is 13.7. The highest BCUT2D eigenvalue weighted by Crippen LogP contribution is 2.41. The summed E-state index contributed by atoms with van der Waals surface area (Å²) >= 11 is 0. The second-order valence-corrected chi connectivity index (χ2v) is 4.58. The number of anilines is 1. The number of carbonyl (C=O) groups excluding carboxylic acids is 1. The number of ether oxygens (including phenoxy) is 2. The molecule has 0 saturated heterocycles. The van der Waals surface area contributed by atoms with E-state index in [0.29, 0.717) is 30.0 Å². The molecule has 2 amide bonds. The van der Waals surface area contributed by atoms with Crippen LogP contribution in [0.25, 0.3) is 0 Å². The molecule has 7 nitrogen and oxygen atoms in total. The van der Waals surface area contributed by atoms with E-state index in [2.05, 4.69) is 5.32 Å². The predicted molar refractivity (Wildman–Crippen MR) is 87.2 cm³/mol. The average Bonchev–Trinajstić information content (AvgIpc) is 2.53. The Morgan fingerprint density at radius 1 is 1.32 bits per heavy atom. The second kappa shape index (κ2) is 7.53. The van der Waals surface area contributed by atoms with Crippen LogP contribution >= 0.6 is 0 Å². The largest absolute Gasteiger partial charge is 0.493 e. The maximum absolute atomic E-state index is 12.2. The minimum Gasteiger partial charge on any atom is -0.493 e. The number of amides is 2. The van der Waals surface area contributed by atoms with Crippen molar-refractivity contribution in [3.8, 4) is 11.5 Å². The van der Waals surface area contributed by atoms with Gasteiger partial charge in [-0.15, -0.1) is 0 Å². The molecular formula is C15H24N4O3. The number of carbonyl (C=O) groups is 1. The molecule has 0 saturated carbocycles. The Bertz CT molecular complexity index is 572. The molecule has 0 aliphatic rings. The first-order valence-electron chi connectivity index (χ1n) is 7.09. The number of methoxy groups -OCH3 is 2. The van der Waals surface area contributed by atoms with Crippen molar-refractivity contribution in [1.29, 1.82) is 5.41 Å². The predicted octanol–water partition coefficient (Wildman–Crippen LogP) is 1.87. The number of guanidine groups is 1. The summed E-state index contributed by atoms with van der Waals surface area (Å²) < 4.78 is 10.8. The van der Waals surface area contributed by atoms with Crippen molar-refractivity contribution < 1.29 is 14.3 Å². The summed E-state index contributed by atoms with van der Waals surface area (Å²) in [6, 6.07) is 1.34. The average molecular weight is 308 g/mol. The molecule has 7 heteroatoms. The first-order valence-corrected chi connectivity index (χ1v) is 7.09. The van der Waals surface area contributed by atoms with Crippen molar-refractivity contribution in [2.45, 2.75) is 26.7 Å². The van der Waals surface area contributed by atoms with E-state index >= 15 is 0 Å². The molecule has 0 aliphatic carbocycles. The summed E-state index contributed by atoms with van der Waals surface area (Å²) in [5.41, 5.74) is 7.84. The summed E-state index contributed by atoms with van der Waals surface area (Å²) in [7, 11) is 4.61. The van der Waals surface area contributed by atoms with Gasteiger partial charge in [0.2, 0.25) is 5.96 Å². The van der Waals surface area contributed by atoms with Crippen LogP contribution in [0, 0.1) is 5.41 Å². The van der Waals surface area contributed by atoms with Crippen LogP contribution in [-0.4, -0.2) is 33.3 Å². The molecule has 0 heterocycles. The molecule has 0 aromatic heterocycles. The van der Waals surface area contributed by atoms with E-state index in [9.17, 15) is 4.79 Å². The molecule has 0 unspecified atom stereocenters. The van der Waals surface area contributed by atoms with Crippen LogP contribution in [-0.2, 0) is 12.8 Å². The second-order valence-electron chi connectivity index (χ2n) is 4.58. The van der Waals surface area contributed by atoms with Gasteiger partial charge in [-0.05, 0) is 24.5 Å². The molecule has 1 aromatic carbocycles. The number of nitrogens with two attached hydrogens (primary N) is 1. The summed E-state index contributed by atoms with van der Waals surface area (Å²) in [5.74, 6) is 0.795. The molecule has 22 heavy (non-hydrogen) atoms. The maximum atomic E-state index is 12.2. The number of rotatable bonds is 5. The molecule has 0 radical (unpaired) electrons. The Morgan fingerprint density at radius 3 is 2.32 bits per heavy atom. The topological polar surface area (TPSA) is 101 Å². The van der Waals surface area contributed by atoms with E-state index < -0.39 is 6.03 Å². The van der Waals surface area contributed by atoms with Crippen LogP contribution in [0.5, 0.6) is 11.5 Å². The van der Waals surface area contributed by atoms with Crippen molar-refractivity contribution >= 4 is 17.7 Å². The lowest BCUT2D eigenvalue weighted by molar-refractivity contribution is 0.250. The number of urea groups is 1. The third-order valence-corrected chi connectivity index (χ3v) is 3.43. The molecule has 0 aliphatic heterocycles. The molecule has 0 bridgehead atoms. The van der Waals surface area contributed by atoms with Crippen LogP contribution in [0.15, 0.2) is 6.07 Å². The maximum Gasteiger partial charge on any atom is 0.328 e. The number of hydrogen-bond acceptors (Lipinski definition) is 4. The zero-order chi connectivity index (χ0) is 16.9. The Balaban J connectivity index is 3.75. The molecule has 1 rings (SSSR count). The molecule has 0 fully saturated rings. The van der Waals surface area contributed by atoms with Gasteiger partial charge in [0.15, 0.2) is 11.5 Å². The van der Waals surface area contributed by atoms with Crippen LogP contribution < -0.4 is 25.4 Å². The fraction of sp³-hybridized carbons (Fsp3) is 0.467. The Labute approximate surface area is 130 Å². The number of benzene rings is 1. The zero-order valence-electron chi connectivity index (χ0n) is 13.7. The summed E-state index contributed by atoms with van der Waals surface area (Å²) in [6.07, 6.45) is 1.26. The fourth-order valence-corrected chi connectivity index (χ4v) is 2.44. The first-order chi connectivity index (χ1) is 10.5.